The van der Waals surface area contributed by atoms with E-state index in [0.29, 0.717) is 28.0 Å². The average Bonchev–Trinajstić information content (AvgIpc) is 3.24. The van der Waals surface area contributed by atoms with Gasteiger partial charge in [0.1, 0.15) is 18.1 Å². The zero-order valence-electron chi connectivity index (χ0n) is 20.9. The van der Waals surface area contributed by atoms with E-state index in [1.165, 1.54) is 19.2 Å². The average molecular weight is 592 g/mol. The molecular formula is C26H23Cl2F4NO6. The van der Waals surface area contributed by atoms with Gasteiger partial charge in [0.05, 0.1) is 23.9 Å². The van der Waals surface area contributed by atoms with Crippen LogP contribution >= 0.6 is 23.2 Å². The number of alkyl halides is 6. The molecule has 1 aliphatic heterocycles. The number of cyclic esters (lactones) is 1. The van der Waals surface area contributed by atoms with Crippen LogP contribution in [0, 0.1) is 6.92 Å². The number of methoxy groups -OCH3 is 1. The zero-order valence-corrected chi connectivity index (χ0v) is 22.4. The summed E-state index contributed by atoms with van der Waals surface area (Å²) >= 11 is 10.6. The summed E-state index contributed by atoms with van der Waals surface area (Å²) in [6.45, 7) is 3.26. The summed E-state index contributed by atoms with van der Waals surface area (Å²) in [6.07, 6.45) is -3.09. The first-order valence-corrected chi connectivity index (χ1v) is 12.2. The van der Waals surface area contributed by atoms with Gasteiger partial charge in [-0.25, -0.2) is 4.79 Å². The third-order valence-electron chi connectivity index (χ3n) is 5.97. The van der Waals surface area contributed by atoms with Crippen LogP contribution in [-0.2, 0) is 33.5 Å². The van der Waals surface area contributed by atoms with Crippen molar-refractivity contribution in [2.24, 2.45) is 0 Å². The number of carbonyl (C=O) groups is 3. The van der Waals surface area contributed by atoms with Gasteiger partial charge in [0.2, 0.25) is 0 Å². The summed E-state index contributed by atoms with van der Waals surface area (Å²) in [7, 11) is 1.37. The first-order valence-electron chi connectivity index (χ1n) is 11.4. The molecular weight excluding hydrogens is 569 g/mol. The monoisotopic (exact) mass is 591 g/mol. The van der Waals surface area contributed by atoms with Gasteiger partial charge in [-0.2, -0.15) is 17.6 Å². The number of para-hydroxylation sites is 1. The molecule has 0 bridgehead atoms. The highest BCUT2D eigenvalue weighted by molar-refractivity contribution is 6.57. The molecule has 2 aromatic rings. The molecule has 1 heterocycles. The Kier molecular flexibility index (Phi) is 9.17. The lowest BCUT2D eigenvalue weighted by Gasteiger charge is -2.20. The lowest BCUT2D eigenvalue weighted by molar-refractivity contribution is -0.142. The van der Waals surface area contributed by atoms with Gasteiger partial charge in [-0.15, -0.1) is 0 Å². The number of halogens is 6. The quantitative estimate of drug-likeness (QED) is 0.116. The molecule has 39 heavy (non-hydrogen) atoms. The number of hydrogen-bond donors (Lipinski definition) is 1. The first-order chi connectivity index (χ1) is 18.1. The van der Waals surface area contributed by atoms with Crippen molar-refractivity contribution in [3.8, 4) is 11.5 Å². The highest BCUT2D eigenvalue weighted by Crippen LogP contribution is 2.42. The number of allylic oxidation sites excluding steroid dienone is 2. The van der Waals surface area contributed by atoms with E-state index in [1.807, 2.05) is 0 Å². The largest absolute Gasteiger partial charge is 0.496 e. The molecule has 0 radical (unpaired) electrons. The van der Waals surface area contributed by atoms with Crippen molar-refractivity contribution >= 4 is 46.7 Å². The van der Waals surface area contributed by atoms with E-state index >= 15 is 0 Å². The van der Waals surface area contributed by atoms with E-state index in [4.69, 9.17) is 37.4 Å². The maximum atomic E-state index is 13.9. The van der Waals surface area contributed by atoms with Crippen LogP contribution in [0.3, 0.4) is 0 Å². The standard InChI is InChI=1S/C26H23Cl2F4NO6/c1-13(9-11-19(34)39-18-7-5-4-6-17(18)26(30,31)32)8-10-15-21(33-24(36)25(27,28)29)20-16(12-38-23(20)35)14(2)22(15)37-3/h4-8H,9-12H2,1-3H3,(H,33,36). The maximum Gasteiger partial charge on any atom is 0.419 e. The number of benzene rings is 2. The van der Waals surface area contributed by atoms with Crippen molar-refractivity contribution in [1.29, 1.82) is 0 Å². The molecule has 1 amide bonds. The molecule has 7 nitrogen and oxygen atoms in total. The van der Waals surface area contributed by atoms with E-state index < -0.39 is 39.9 Å². The zero-order chi connectivity index (χ0) is 29.1. The van der Waals surface area contributed by atoms with Gasteiger partial charge in [-0.3, -0.25) is 9.59 Å². The molecule has 0 saturated heterocycles. The number of rotatable bonds is 9. The van der Waals surface area contributed by atoms with Crippen LogP contribution in [0.2, 0.25) is 0 Å². The van der Waals surface area contributed by atoms with Gasteiger partial charge >= 0.3 is 22.7 Å². The normalized spacial score (nSPS) is 13.6. The number of amides is 1. The Balaban J connectivity index is 1.83. The molecule has 1 N–H and O–H groups in total. The fourth-order valence-corrected chi connectivity index (χ4v) is 4.11. The highest BCUT2D eigenvalue weighted by atomic mass is 35.5. The minimum atomic E-state index is -4.69. The minimum absolute atomic E-state index is 0.00666. The lowest BCUT2D eigenvalue weighted by Crippen LogP contribution is -2.29. The number of hydrogen-bond acceptors (Lipinski definition) is 6. The Bertz CT molecular complexity index is 1340. The van der Waals surface area contributed by atoms with Crippen LogP contribution in [0.25, 0.3) is 0 Å². The topological polar surface area (TPSA) is 90.9 Å². The van der Waals surface area contributed by atoms with Crippen LogP contribution in [-0.4, -0.2) is 29.5 Å². The van der Waals surface area contributed by atoms with Crippen molar-refractivity contribution in [1.82, 2.24) is 0 Å². The Labute approximate surface area is 231 Å². The lowest BCUT2D eigenvalue weighted by atomic mass is 9.93. The van der Waals surface area contributed by atoms with Crippen LogP contribution in [0.5, 0.6) is 11.5 Å². The fourth-order valence-electron chi connectivity index (χ4n) is 4.02. The molecule has 0 aliphatic carbocycles. The van der Waals surface area contributed by atoms with Gasteiger partial charge in [-0.1, -0.05) is 47.0 Å². The van der Waals surface area contributed by atoms with E-state index in [0.717, 1.165) is 12.1 Å². The molecule has 3 rings (SSSR count). The van der Waals surface area contributed by atoms with Crippen molar-refractivity contribution in [2.45, 2.75) is 50.5 Å². The van der Waals surface area contributed by atoms with Gasteiger partial charge < -0.3 is 19.5 Å². The second-order valence-electron chi connectivity index (χ2n) is 8.62. The number of ether oxygens (including phenoxy) is 3. The molecule has 1 aliphatic rings. The summed E-state index contributed by atoms with van der Waals surface area (Å²) in [6, 6.07) is 4.38. The Hall–Kier alpha value is -3.31. The van der Waals surface area contributed by atoms with Crippen molar-refractivity contribution in [3.63, 3.8) is 0 Å². The smallest absolute Gasteiger partial charge is 0.419 e. The van der Waals surface area contributed by atoms with E-state index in [1.54, 1.807) is 19.9 Å². The van der Waals surface area contributed by atoms with Gasteiger partial charge in [0, 0.05) is 17.5 Å². The molecule has 0 spiro atoms. The fraction of sp³-hybridized carbons (Fsp3) is 0.346. The maximum absolute atomic E-state index is 13.9. The van der Waals surface area contributed by atoms with Gasteiger partial charge in [-0.05, 0) is 44.4 Å². The van der Waals surface area contributed by atoms with Crippen LogP contribution in [0.15, 0.2) is 35.9 Å². The summed E-state index contributed by atoms with van der Waals surface area (Å²) in [5.74, 6) is -3.34. The van der Waals surface area contributed by atoms with Gasteiger partial charge in [0.25, 0.3) is 5.91 Å². The summed E-state index contributed by atoms with van der Waals surface area (Å²) in [4.78, 5) is 37.0. The Morgan fingerprint density at radius 3 is 2.44 bits per heavy atom. The molecule has 0 unspecified atom stereocenters. The van der Waals surface area contributed by atoms with Crippen molar-refractivity contribution in [2.75, 3.05) is 12.4 Å². The second-order valence-corrected chi connectivity index (χ2v) is 9.85. The predicted molar refractivity (Wildman–Crippen MR) is 135 cm³/mol. The van der Waals surface area contributed by atoms with Gasteiger partial charge in [0.15, 0.2) is 0 Å². The Morgan fingerprint density at radius 1 is 1.15 bits per heavy atom. The third kappa shape index (κ3) is 7.02. The minimum Gasteiger partial charge on any atom is -0.496 e. The molecule has 0 aromatic heterocycles. The van der Waals surface area contributed by atoms with Crippen LogP contribution < -0.4 is 14.8 Å². The van der Waals surface area contributed by atoms with Crippen LogP contribution in [0.4, 0.5) is 23.2 Å². The van der Waals surface area contributed by atoms with Crippen LogP contribution in [0.1, 0.15) is 52.4 Å². The first kappa shape index (κ1) is 30.2. The summed E-state index contributed by atoms with van der Waals surface area (Å²) < 4.78 is 65.6. The SMILES string of the molecule is COc1c(C)c2c(c(NC(=O)C(F)(Cl)Cl)c1CC=C(C)CCC(=O)Oc1ccccc1C(F)(F)F)C(=O)OC2. The highest BCUT2D eigenvalue weighted by Gasteiger charge is 2.38. The molecule has 0 saturated carbocycles. The summed E-state index contributed by atoms with van der Waals surface area (Å²) in [5, 5.41) is 2.25. The third-order valence-corrected chi connectivity index (χ3v) is 6.31. The number of carbonyl (C=O) groups excluding carboxylic acids is 3. The molecule has 210 valence electrons. The van der Waals surface area contributed by atoms with E-state index in [-0.39, 0.29) is 37.1 Å². The Morgan fingerprint density at radius 2 is 1.82 bits per heavy atom. The molecule has 13 heteroatoms. The van der Waals surface area contributed by atoms with Crippen molar-refractivity contribution < 1.29 is 46.2 Å². The number of esters is 2. The number of anilines is 1. The number of nitrogens with one attached hydrogen (secondary N) is 1. The number of fused-ring (bicyclic) bond motifs is 1. The van der Waals surface area contributed by atoms with E-state index in [9.17, 15) is 31.9 Å². The summed E-state index contributed by atoms with van der Waals surface area (Å²) in [5.41, 5.74) is 0.775. The predicted octanol–water partition coefficient (Wildman–Crippen LogP) is 6.61. The van der Waals surface area contributed by atoms with Crippen molar-refractivity contribution in [3.05, 3.63) is 63.7 Å². The molecule has 0 fully saturated rings. The second kappa shape index (κ2) is 11.8. The molecule has 2 aromatic carbocycles. The molecule has 0 atom stereocenters. The van der Waals surface area contributed by atoms with E-state index in [2.05, 4.69) is 5.32 Å².